The molecule has 0 saturated carbocycles. The van der Waals surface area contributed by atoms with Crippen LogP contribution in [0.15, 0.2) is 64.2 Å². The maximum Gasteiger partial charge on any atom is 0.260 e. The van der Waals surface area contributed by atoms with Crippen LogP contribution in [0.25, 0.3) is 22.9 Å². The Labute approximate surface area is 196 Å². The number of aromatic nitrogens is 4. The summed E-state index contributed by atoms with van der Waals surface area (Å²) >= 11 is 0. The van der Waals surface area contributed by atoms with E-state index >= 15 is 0 Å². The minimum atomic E-state index is -0.221. The lowest BCUT2D eigenvalue weighted by molar-refractivity contribution is 0.0384. The van der Waals surface area contributed by atoms with E-state index in [1.165, 1.54) is 0 Å². The summed E-state index contributed by atoms with van der Waals surface area (Å²) in [5, 5.41) is 3.21. The minimum Gasteiger partial charge on any atom is -0.434 e. The molecule has 1 aliphatic rings. The zero-order valence-corrected chi connectivity index (χ0v) is 19.0. The Bertz CT molecular complexity index is 1330. The van der Waals surface area contributed by atoms with Crippen LogP contribution < -0.4 is 10.9 Å². The van der Waals surface area contributed by atoms with Crippen LogP contribution in [0, 0.1) is 6.92 Å². The van der Waals surface area contributed by atoms with Gasteiger partial charge in [0.05, 0.1) is 19.4 Å². The zero-order valence-electron chi connectivity index (χ0n) is 19.0. The van der Waals surface area contributed by atoms with E-state index in [0.29, 0.717) is 28.7 Å². The Morgan fingerprint density at radius 2 is 2.00 bits per heavy atom. The smallest absolute Gasteiger partial charge is 0.260 e. The molecule has 0 unspecified atom stereocenters. The van der Waals surface area contributed by atoms with Crippen molar-refractivity contribution < 1.29 is 9.15 Å². The molecule has 4 aromatic rings. The van der Waals surface area contributed by atoms with Crippen molar-refractivity contribution in [3.8, 4) is 22.9 Å². The molecular weight excluding hydrogens is 432 g/mol. The van der Waals surface area contributed by atoms with Gasteiger partial charge in [0.15, 0.2) is 5.76 Å². The lowest BCUT2D eigenvalue weighted by Crippen LogP contribution is -2.37. The molecule has 5 rings (SSSR count). The second-order valence-corrected chi connectivity index (χ2v) is 8.19. The van der Waals surface area contributed by atoms with Crippen molar-refractivity contribution in [1.29, 1.82) is 0 Å². The van der Waals surface area contributed by atoms with E-state index in [-0.39, 0.29) is 11.4 Å². The number of nitrogens with one attached hydrogen (secondary N) is 2. The van der Waals surface area contributed by atoms with Crippen LogP contribution in [-0.4, -0.2) is 57.7 Å². The lowest BCUT2D eigenvalue weighted by atomic mass is 10.1. The average Bonchev–Trinajstić information content (AvgIpc) is 3.33. The lowest BCUT2D eigenvalue weighted by Gasteiger charge is -2.26. The fourth-order valence-corrected chi connectivity index (χ4v) is 3.95. The van der Waals surface area contributed by atoms with Gasteiger partial charge in [-0.25, -0.2) is 15.0 Å². The number of hydrogen-bond acceptors (Lipinski definition) is 8. The predicted molar refractivity (Wildman–Crippen MR) is 129 cm³/mol. The summed E-state index contributed by atoms with van der Waals surface area (Å²) in [5.74, 6) is 2.12. The molecular formula is C25H26N6O3. The highest BCUT2D eigenvalue weighted by Gasteiger charge is 2.18. The summed E-state index contributed by atoms with van der Waals surface area (Å²) in [5.41, 5.74) is 2.85. The number of nitrogens with zero attached hydrogens (tertiary/aromatic N) is 4. The van der Waals surface area contributed by atoms with Crippen molar-refractivity contribution in [1.82, 2.24) is 24.8 Å². The number of aryl methyl sites for hydroxylation is 1. The molecule has 0 radical (unpaired) electrons. The number of rotatable bonds is 7. The van der Waals surface area contributed by atoms with E-state index in [2.05, 4.69) is 30.2 Å². The van der Waals surface area contributed by atoms with Crippen molar-refractivity contribution in [2.75, 3.05) is 38.2 Å². The van der Waals surface area contributed by atoms with Crippen molar-refractivity contribution in [3.05, 3.63) is 76.5 Å². The van der Waals surface area contributed by atoms with E-state index in [9.17, 15) is 4.79 Å². The molecule has 2 N–H and O–H groups in total. The summed E-state index contributed by atoms with van der Waals surface area (Å²) in [6.07, 6.45) is 5.74. The first kappa shape index (κ1) is 22.0. The molecule has 0 atom stereocenters. The predicted octanol–water partition coefficient (Wildman–Crippen LogP) is 3.41. The third-order valence-corrected chi connectivity index (χ3v) is 5.74. The van der Waals surface area contributed by atoms with E-state index in [1.807, 2.05) is 43.3 Å². The van der Waals surface area contributed by atoms with Gasteiger partial charge in [0.25, 0.3) is 5.56 Å². The standard InChI is InChI=1S/C25H26N6O3/c1-17-5-8-26-22(15-17)30-21-4-2-3-19(29-21)20-16-28-25(34-20)23-18(6-9-27-24(23)32)7-10-31-11-13-33-14-12-31/h2-6,8-9,15-16H,7,10-14H2,1H3,(H,27,32)(H,26,29,30). The van der Waals surface area contributed by atoms with Gasteiger partial charge in [0.1, 0.15) is 22.9 Å². The van der Waals surface area contributed by atoms with Gasteiger partial charge in [-0.15, -0.1) is 0 Å². The highest BCUT2D eigenvalue weighted by atomic mass is 16.5. The number of pyridine rings is 3. The fourth-order valence-electron chi connectivity index (χ4n) is 3.95. The molecule has 0 bridgehead atoms. The first-order valence-corrected chi connectivity index (χ1v) is 11.3. The molecule has 9 heteroatoms. The summed E-state index contributed by atoms with van der Waals surface area (Å²) < 4.78 is 11.4. The molecule has 0 aliphatic carbocycles. The van der Waals surface area contributed by atoms with Gasteiger partial charge in [0.2, 0.25) is 5.89 Å². The number of ether oxygens (including phenoxy) is 1. The summed E-state index contributed by atoms with van der Waals surface area (Å²) in [6, 6.07) is 11.4. The SMILES string of the molecule is Cc1ccnc(Nc2cccc(-c3cnc(-c4c(CCN5CCOCC5)cc[nH]c4=O)o3)n2)c1. The van der Waals surface area contributed by atoms with E-state index in [0.717, 1.165) is 50.4 Å². The maximum absolute atomic E-state index is 12.7. The van der Waals surface area contributed by atoms with Crippen LogP contribution in [0.4, 0.5) is 11.6 Å². The quantitative estimate of drug-likeness (QED) is 0.434. The summed E-state index contributed by atoms with van der Waals surface area (Å²) in [7, 11) is 0. The largest absolute Gasteiger partial charge is 0.434 e. The van der Waals surface area contributed by atoms with E-state index in [4.69, 9.17) is 9.15 Å². The molecule has 174 valence electrons. The van der Waals surface area contributed by atoms with Crippen LogP contribution in [-0.2, 0) is 11.2 Å². The van der Waals surface area contributed by atoms with E-state index in [1.54, 1.807) is 18.6 Å². The first-order chi connectivity index (χ1) is 16.7. The Kier molecular flexibility index (Phi) is 6.46. The van der Waals surface area contributed by atoms with Crippen LogP contribution >= 0.6 is 0 Å². The highest BCUT2D eigenvalue weighted by Crippen LogP contribution is 2.26. The zero-order chi connectivity index (χ0) is 23.3. The first-order valence-electron chi connectivity index (χ1n) is 11.3. The van der Waals surface area contributed by atoms with Crippen LogP contribution in [0.1, 0.15) is 11.1 Å². The summed E-state index contributed by atoms with van der Waals surface area (Å²) in [6.45, 7) is 6.13. The van der Waals surface area contributed by atoms with Gasteiger partial charge < -0.3 is 19.5 Å². The molecule has 34 heavy (non-hydrogen) atoms. The summed E-state index contributed by atoms with van der Waals surface area (Å²) in [4.78, 5) is 31.1. The second-order valence-electron chi connectivity index (χ2n) is 8.19. The van der Waals surface area contributed by atoms with Gasteiger partial charge in [-0.1, -0.05) is 6.07 Å². The molecule has 1 aliphatic heterocycles. The molecule has 1 fully saturated rings. The number of hydrogen-bond donors (Lipinski definition) is 2. The number of aromatic amines is 1. The monoisotopic (exact) mass is 458 g/mol. The van der Waals surface area contributed by atoms with Crippen molar-refractivity contribution in [2.24, 2.45) is 0 Å². The fraction of sp³-hybridized carbons (Fsp3) is 0.280. The van der Waals surface area contributed by atoms with Crippen molar-refractivity contribution in [2.45, 2.75) is 13.3 Å². The molecule has 1 saturated heterocycles. The van der Waals surface area contributed by atoms with Gasteiger partial charge in [-0.05, 0) is 54.8 Å². The molecule has 0 spiro atoms. The Hall–Kier alpha value is -3.82. The average molecular weight is 459 g/mol. The van der Waals surface area contributed by atoms with Crippen molar-refractivity contribution in [3.63, 3.8) is 0 Å². The molecule has 4 aromatic heterocycles. The number of oxazole rings is 1. The topological polar surface area (TPSA) is 109 Å². The Balaban J connectivity index is 1.37. The van der Waals surface area contributed by atoms with Gasteiger partial charge in [-0.3, -0.25) is 9.69 Å². The van der Waals surface area contributed by atoms with Gasteiger partial charge in [0, 0.05) is 32.0 Å². The molecule has 9 nitrogen and oxygen atoms in total. The van der Waals surface area contributed by atoms with Crippen LogP contribution in [0.2, 0.25) is 0 Å². The second kappa shape index (κ2) is 9.98. The number of morpholine rings is 1. The van der Waals surface area contributed by atoms with E-state index < -0.39 is 0 Å². The van der Waals surface area contributed by atoms with Gasteiger partial charge >= 0.3 is 0 Å². The van der Waals surface area contributed by atoms with Crippen LogP contribution in [0.3, 0.4) is 0 Å². The third-order valence-electron chi connectivity index (χ3n) is 5.74. The van der Waals surface area contributed by atoms with Crippen molar-refractivity contribution >= 4 is 11.6 Å². The third kappa shape index (κ3) is 5.05. The molecule has 5 heterocycles. The Morgan fingerprint density at radius 3 is 2.85 bits per heavy atom. The number of anilines is 2. The highest BCUT2D eigenvalue weighted by molar-refractivity contribution is 5.63. The normalized spacial score (nSPS) is 14.3. The minimum absolute atomic E-state index is 0.221. The number of H-pyrrole nitrogens is 1. The molecule has 0 aromatic carbocycles. The van der Waals surface area contributed by atoms with Crippen LogP contribution in [0.5, 0.6) is 0 Å². The Morgan fingerprint density at radius 1 is 1.12 bits per heavy atom. The maximum atomic E-state index is 12.7. The van der Waals surface area contributed by atoms with Gasteiger partial charge in [-0.2, -0.15) is 0 Å². The molecule has 0 amide bonds.